The van der Waals surface area contributed by atoms with E-state index in [9.17, 15) is 9.59 Å². The average molecular weight is 422 g/mol. The fourth-order valence-electron chi connectivity index (χ4n) is 5.23. The van der Waals surface area contributed by atoms with Gasteiger partial charge in [0.15, 0.2) is 0 Å². The highest BCUT2D eigenvalue weighted by Gasteiger charge is 2.29. The molecule has 3 aliphatic rings. The van der Waals surface area contributed by atoms with Gasteiger partial charge in [0.2, 0.25) is 11.8 Å². The fraction of sp³-hybridized carbons (Fsp3) is 0.583. The molecule has 2 aromatic rings. The van der Waals surface area contributed by atoms with Crippen molar-refractivity contribution in [3.63, 3.8) is 0 Å². The lowest BCUT2D eigenvalue weighted by Gasteiger charge is -2.32. The van der Waals surface area contributed by atoms with Gasteiger partial charge in [-0.2, -0.15) is 0 Å². The van der Waals surface area contributed by atoms with Crippen molar-refractivity contribution in [1.29, 1.82) is 0 Å². The topological polar surface area (TPSA) is 71.3 Å². The molecule has 31 heavy (non-hydrogen) atoms. The third-order valence-corrected chi connectivity index (χ3v) is 6.95. The average Bonchev–Trinajstić information content (AvgIpc) is 3.33. The number of hydrogen-bond donors (Lipinski definition) is 0. The molecule has 0 radical (unpaired) electrons. The first-order chi connectivity index (χ1) is 15.2. The molecule has 0 saturated carbocycles. The largest absolute Gasteiger partial charge is 0.342 e. The zero-order valence-electron chi connectivity index (χ0n) is 18.1. The number of piperidine rings is 1. The minimum atomic E-state index is 0.172. The molecule has 1 atom stereocenters. The van der Waals surface area contributed by atoms with Crippen LogP contribution < -0.4 is 4.90 Å². The predicted octanol–water partition coefficient (Wildman–Crippen LogP) is 3.08. The quantitative estimate of drug-likeness (QED) is 0.761. The molecule has 2 amide bonds. The number of carbonyl (C=O) groups is 2. The van der Waals surface area contributed by atoms with Crippen molar-refractivity contribution in [3.8, 4) is 0 Å². The van der Waals surface area contributed by atoms with Crippen LogP contribution in [-0.2, 0) is 29.0 Å². The van der Waals surface area contributed by atoms with Gasteiger partial charge in [0, 0.05) is 50.6 Å². The first kappa shape index (κ1) is 20.2. The highest BCUT2D eigenvalue weighted by molar-refractivity contribution is 5.95. The maximum Gasteiger partial charge on any atom is 0.227 e. The number of aryl methyl sites for hydroxylation is 1. The van der Waals surface area contributed by atoms with E-state index < -0.39 is 0 Å². The Labute approximate surface area is 183 Å². The molecular formula is C24H31N5O2. The van der Waals surface area contributed by atoms with Gasteiger partial charge in [0.1, 0.15) is 11.6 Å². The first-order valence-corrected chi connectivity index (χ1v) is 11.8. The van der Waals surface area contributed by atoms with E-state index in [4.69, 9.17) is 0 Å². The van der Waals surface area contributed by atoms with Crippen LogP contribution in [0.5, 0.6) is 0 Å². The molecule has 0 aliphatic carbocycles. The zero-order valence-corrected chi connectivity index (χ0v) is 18.1. The number of carbonyl (C=O) groups excluding carboxylic acids is 2. The molecule has 1 unspecified atom stereocenters. The van der Waals surface area contributed by atoms with Gasteiger partial charge in [-0.25, -0.2) is 0 Å². The molecule has 1 aromatic heterocycles. The van der Waals surface area contributed by atoms with E-state index in [1.54, 1.807) is 0 Å². The van der Waals surface area contributed by atoms with Crippen LogP contribution in [0.4, 0.5) is 5.69 Å². The molecule has 5 rings (SSSR count). The van der Waals surface area contributed by atoms with Crippen LogP contribution in [-0.4, -0.2) is 51.1 Å². The van der Waals surface area contributed by atoms with Crippen molar-refractivity contribution >= 4 is 17.5 Å². The number of nitrogens with zero attached hydrogens (tertiary/aromatic N) is 5. The Morgan fingerprint density at radius 2 is 1.81 bits per heavy atom. The van der Waals surface area contributed by atoms with Crippen LogP contribution in [0.3, 0.4) is 0 Å². The molecule has 7 nitrogen and oxygen atoms in total. The number of hydrogen-bond acceptors (Lipinski definition) is 4. The van der Waals surface area contributed by atoms with Crippen LogP contribution in [0.25, 0.3) is 0 Å². The van der Waals surface area contributed by atoms with Crippen LogP contribution in [0, 0.1) is 0 Å². The predicted molar refractivity (Wildman–Crippen MR) is 118 cm³/mol. The normalized spacial score (nSPS) is 21.8. The first-order valence-electron chi connectivity index (χ1n) is 11.8. The summed E-state index contributed by atoms with van der Waals surface area (Å²) in [6.45, 7) is 3.35. The molecule has 7 heteroatoms. The summed E-state index contributed by atoms with van der Waals surface area (Å²) in [6, 6.07) is 7.91. The summed E-state index contributed by atoms with van der Waals surface area (Å²) >= 11 is 0. The minimum Gasteiger partial charge on any atom is -0.342 e. The van der Waals surface area contributed by atoms with E-state index in [0.717, 1.165) is 74.8 Å². The number of anilines is 1. The monoisotopic (exact) mass is 421 g/mol. The number of fused-ring (bicyclic) bond motifs is 1. The fourth-order valence-corrected chi connectivity index (χ4v) is 5.23. The van der Waals surface area contributed by atoms with Crippen molar-refractivity contribution in [3.05, 3.63) is 41.5 Å². The van der Waals surface area contributed by atoms with Crippen molar-refractivity contribution in [2.24, 2.45) is 0 Å². The second-order valence-electron chi connectivity index (χ2n) is 9.11. The van der Waals surface area contributed by atoms with Crippen LogP contribution in [0.2, 0.25) is 0 Å². The lowest BCUT2D eigenvalue weighted by molar-refractivity contribution is -0.131. The molecular weight excluding hydrogens is 390 g/mol. The van der Waals surface area contributed by atoms with Crippen LogP contribution in [0.15, 0.2) is 24.3 Å². The lowest BCUT2D eigenvalue weighted by Crippen LogP contribution is -2.40. The number of amides is 2. The van der Waals surface area contributed by atoms with Crippen molar-refractivity contribution in [1.82, 2.24) is 19.7 Å². The smallest absolute Gasteiger partial charge is 0.227 e. The summed E-state index contributed by atoms with van der Waals surface area (Å²) in [7, 11) is 0. The maximum atomic E-state index is 13.0. The lowest BCUT2D eigenvalue weighted by atomic mass is 9.96. The van der Waals surface area contributed by atoms with Crippen molar-refractivity contribution < 1.29 is 9.59 Å². The van der Waals surface area contributed by atoms with Crippen molar-refractivity contribution in [2.45, 2.75) is 70.3 Å². The number of likely N-dealkylation sites (tertiary alicyclic amines) is 1. The molecule has 2 fully saturated rings. The van der Waals surface area contributed by atoms with Gasteiger partial charge in [-0.15, -0.1) is 10.2 Å². The molecule has 0 N–H and O–H groups in total. The number of rotatable bonds is 4. The molecule has 0 spiro atoms. The third-order valence-electron chi connectivity index (χ3n) is 6.95. The summed E-state index contributed by atoms with van der Waals surface area (Å²) in [4.78, 5) is 28.8. The van der Waals surface area contributed by atoms with Crippen LogP contribution in [0.1, 0.15) is 68.1 Å². The minimum absolute atomic E-state index is 0.172. The molecule has 164 valence electrons. The highest BCUT2D eigenvalue weighted by atomic mass is 16.2. The van der Waals surface area contributed by atoms with Gasteiger partial charge in [-0.1, -0.05) is 18.6 Å². The summed E-state index contributed by atoms with van der Waals surface area (Å²) < 4.78 is 2.32. The molecule has 2 saturated heterocycles. The number of benzene rings is 1. The van der Waals surface area contributed by atoms with E-state index in [-0.39, 0.29) is 17.7 Å². The molecule has 4 heterocycles. The Hall–Kier alpha value is -2.70. The SMILES string of the molecule is O=C(Cc1ccc(N2CCCC2=O)cc1)N1CCCC(c2nnc3n2CCCCC3)C1. The Morgan fingerprint density at radius 3 is 2.61 bits per heavy atom. The van der Waals surface area contributed by atoms with E-state index in [2.05, 4.69) is 14.8 Å². The highest BCUT2D eigenvalue weighted by Crippen LogP contribution is 2.28. The van der Waals surface area contributed by atoms with Gasteiger partial charge in [-0.05, 0) is 49.8 Å². The van der Waals surface area contributed by atoms with E-state index >= 15 is 0 Å². The van der Waals surface area contributed by atoms with Crippen LogP contribution >= 0.6 is 0 Å². The van der Waals surface area contributed by atoms with Gasteiger partial charge >= 0.3 is 0 Å². The Morgan fingerprint density at radius 1 is 0.935 bits per heavy atom. The number of aromatic nitrogens is 3. The maximum absolute atomic E-state index is 13.0. The second kappa shape index (κ2) is 8.81. The van der Waals surface area contributed by atoms with Crippen molar-refractivity contribution in [2.75, 3.05) is 24.5 Å². The van der Waals surface area contributed by atoms with Gasteiger partial charge in [0.05, 0.1) is 6.42 Å². The van der Waals surface area contributed by atoms with E-state index in [1.165, 1.54) is 19.3 Å². The second-order valence-corrected chi connectivity index (χ2v) is 9.11. The molecule has 3 aliphatic heterocycles. The van der Waals surface area contributed by atoms with Gasteiger partial charge < -0.3 is 14.4 Å². The molecule has 1 aromatic carbocycles. The van der Waals surface area contributed by atoms with E-state index in [0.29, 0.717) is 12.8 Å². The zero-order chi connectivity index (χ0) is 21.2. The Kier molecular flexibility index (Phi) is 5.74. The Bertz CT molecular complexity index is 951. The van der Waals surface area contributed by atoms with E-state index in [1.807, 2.05) is 34.1 Å². The molecule has 0 bridgehead atoms. The Balaban J connectivity index is 1.23. The summed E-state index contributed by atoms with van der Waals surface area (Å²) in [5.74, 6) is 2.84. The summed E-state index contributed by atoms with van der Waals surface area (Å²) in [6.07, 6.45) is 8.68. The standard InChI is InChI=1S/C24H31N5O2/c30-22-8-5-15-28(22)20-11-9-18(10-12-20)16-23(31)27-13-4-6-19(17-27)24-26-25-21-7-2-1-3-14-29(21)24/h9-12,19H,1-8,13-17H2. The third kappa shape index (κ3) is 4.23. The summed E-state index contributed by atoms with van der Waals surface area (Å²) in [5, 5.41) is 8.99. The summed E-state index contributed by atoms with van der Waals surface area (Å²) in [5.41, 5.74) is 1.93. The van der Waals surface area contributed by atoms with Gasteiger partial charge in [0.25, 0.3) is 0 Å². The van der Waals surface area contributed by atoms with Gasteiger partial charge in [-0.3, -0.25) is 9.59 Å².